The van der Waals surface area contributed by atoms with Crippen LogP contribution in [0, 0.1) is 12.3 Å². The summed E-state index contributed by atoms with van der Waals surface area (Å²) in [6.45, 7) is 0.230. The van der Waals surface area contributed by atoms with Crippen molar-refractivity contribution < 1.29 is 4.79 Å². The minimum atomic E-state index is -0.115. The van der Waals surface area contributed by atoms with Gasteiger partial charge in [-0.3, -0.25) is 9.20 Å². The summed E-state index contributed by atoms with van der Waals surface area (Å²) >= 11 is 1.37. The Labute approximate surface area is 148 Å². The molecular formula is C19H14N4OS. The van der Waals surface area contributed by atoms with Crippen molar-refractivity contribution in [2.45, 2.75) is 5.16 Å². The molecule has 0 saturated carbocycles. The first-order valence-corrected chi connectivity index (χ1v) is 8.75. The number of hydrogen-bond donors (Lipinski definition) is 1. The Morgan fingerprint density at radius 3 is 2.72 bits per heavy atom. The number of fused-ring (bicyclic) bond motifs is 5. The monoisotopic (exact) mass is 346 g/mol. The molecule has 0 saturated heterocycles. The number of terminal acetylenes is 1. The molecule has 0 fully saturated rings. The summed E-state index contributed by atoms with van der Waals surface area (Å²) in [6.07, 6.45) is 5.17. The number of nitrogens with zero attached hydrogens (tertiary/aromatic N) is 3. The topological polar surface area (TPSA) is 59.3 Å². The Kier molecular flexibility index (Phi) is 4.00. The number of aromatic nitrogens is 3. The molecule has 0 aliphatic heterocycles. The molecular weight excluding hydrogens is 332 g/mol. The van der Waals surface area contributed by atoms with Crippen LogP contribution in [0.5, 0.6) is 0 Å². The quantitative estimate of drug-likeness (QED) is 0.351. The molecule has 6 heteroatoms. The van der Waals surface area contributed by atoms with Gasteiger partial charge in [0.2, 0.25) is 5.91 Å². The fourth-order valence-electron chi connectivity index (χ4n) is 2.74. The maximum atomic E-state index is 11.9. The van der Waals surface area contributed by atoms with Crippen LogP contribution < -0.4 is 5.32 Å². The lowest BCUT2D eigenvalue weighted by atomic mass is 10.2. The Balaban J connectivity index is 1.86. The average Bonchev–Trinajstić information content (AvgIpc) is 3.04. The highest BCUT2D eigenvalue weighted by Crippen LogP contribution is 2.28. The standard InChI is InChI=1S/C19H14N4OS/c1-2-11-20-17(24)12-25-19-22-14-8-4-3-7-13(14)18-21-15-9-5-6-10-16(15)23(18)19/h1,3-10H,11-12H2,(H,20,24). The minimum Gasteiger partial charge on any atom is -0.344 e. The summed E-state index contributed by atoms with van der Waals surface area (Å²) in [5.74, 6) is 2.53. The lowest BCUT2D eigenvalue weighted by Crippen LogP contribution is -2.25. The SMILES string of the molecule is C#CCNC(=O)CSc1nc2ccccc2c2nc3ccccc3n12. The molecule has 0 radical (unpaired) electrons. The van der Waals surface area contributed by atoms with E-state index in [2.05, 4.69) is 11.2 Å². The van der Waals surface area contributed by atoms with Crippen LogP contribution in [-0.2, 0) is 4.79 Å². The maximum absolute atomic E-state index is 11.9. The molecule has 2 aromatic carbocycles. The number of imidazole rings is 1. The van der Waals surface area contributed by atoms with E-state index in [0.29, 0.717) is 0 Å². The van der Waals surface area contributed by atoms with Gasteiger partial charge in [0.15, 0.2) is 5.16 Å². The lowest BCUT2D eigenvalue weighted by molar-refractivity contribution is -0.118. The van der Waals surface area contributed by atoms with Crippen molar-refractivity contribution >= 4 is 45.3 Å². The first kappa shape index (κ1) is 15.5. The van der Waals surface area contributed by atoms with Crippen molar-refractivity contribution in [3.63, 3.8) is 0 Å². The zero-order valence-corrected chi connectivity index (χ0v) is 14.1. The number of carbonyl (C=O) groups excluding carboxylic acids is 1. The van der Waals surface area contributed by atoms with E-state index in [1.165, 1.54) is 11.8 Å². The Morgan fingerprint density at radius 2 is 1.88 bits per heavy atom. The Hall–Kier alpha value is -3.04. The van der Waals surface area contributed by atoms with Crippen LogP contribution in [-0.4, -0.2) is 32.6 Å². The van der Waals surface area contributed by atoms with Crippen molar-refractivity contribution in [3.8, 4) is 12.3 Å². The van der Waals surface area contributed by atoms with Gasteiger partial charge < -0.3 is 5.32 Å². The second-order valence-electron chi connectivity index (χ2n) is 5.44. The van der Waals surface area contributed by atoms with E-state index in [-0.39, 0.29) is 18.2 Å². The van der Waals surface area contributed by atoms with Crippen LogP contribution in [0.1, 0.15) is 0 Å². The fourth-order valence-corrected chi connectivity index (χ4v) is 3.58. The number of benzene rings is 2. The number of rotatable bonds is 4. The summed E-state index contributed by atoms with van der Waals surface area (Å²) in [4.78, 5) is 21.4. The predicted octanol–water partition coefficient (Wildman–Crippen LogP) is 2.88. The van der Waals surface area contributed by atoms with Crippen molar-refractivity contribution in [2.24, 2.45) is 0 Å². The summed E-state index contributed by atoms with van der Waals surface area (Å²) in [7, 11) is 0. The average molecular weight is 346 g/mol. The van der Waals surface area contributed by atoms with E-state index in [0.717, 1.165) is 32.7 Å². The van der Waals surface area contributed by atoms with E-state index in [4.69, 9.17) is 16.4 Å². The van der Waals surface area contributed by atoms with Crippen LogP contribution in [0.15, 0.2) is 53.7 Å². The normalized spacial score (nSPS) is 11.0. The van der Waals surface area contributed by atoms with Gasteiger partial charge in [0.1, 0.15) is 5.65 Å². The highest BCUT2D eigenvalue weighted by Gasteiger charge is 2.14. The lowest BCUT2D eigenvalue weighted by Gasteiger charge is -2.08. The van der Waals surface area contributed by atoms with Gasteiger partial charge >= 0.3 is 0 Å². The molecule has 0 bridgehead atoms. The molecule has 122 valence electrons. The molecule has 2 aromatic heterocycles. The smallest absolute Gasteiger partial charge is 0.231 e. The number of carbonyl (C=O) groups is 1. The molecule has 1 amide bonds. The van der Waals surface area contributed by atoms with Gasteiger partial charge in [-0.05, 0) is 24.3 Å². The largest absolute Gasteiger partial charge is 0.344 e. The Bertz CT molecular complexity index is 1140. The van der Waals surface area contributed by atoms with E-state index < -0.39 is 0 Å². The number of amides is 1. The predicted molar refractivity (Wildman–Crippen MR) is 101 cm³/mol. The third kappa shape index (κ3) is 2.79. The highest BCUT2D eigenvalue weighted by atomic mass is 32.2. The molecule has 5 nitrogen and oxygen atoms in total. The zero-order valence-electron chi connectivity index (χ0n) is 13.3. The Morgan fingerprint density at radius 1 is 1.12 bits per heavy atom. The second-order valence-corrected chi connectivity index (χ2v) is 6.38. The fraction of sp³-hybridized carbons (Fsp3) is 0.105. The van der Waals surface area contributed by atoms with Crippen molar-refractivity contribution in [2.75, 3.05) is 12.3 Å². The first-order valence-electron chi connectivity index (χ1n) is 7.77. The first-order chi connectivity index (χ1) is 12.3. The van der Waals surface area contributed by atoms with E-state index in [1.54, 1.807) is 0 Å². The molecule has 0 unspecified atom stereocenters. The van der Waals surface area contributed by atoms with Gasteiger partial charge in [0.05, 0.1) is 28.8 Å². The third-order valence-electron chi connectivity index (χ3n) is 3.83. The van der Waals surface area contributed by atoms with Crippen LogP contribution in [0.3, 0.4) is 0 Å². The number of para-hydroxylation sites is 3. The molecule has 1 N–H and O–H groups in total. The maximum Gasteiger partial charge on any atom is 0.231 e. The highest BCUT2D eigenvalue weighted by molar-refractivity contribution is 7.99. The molecule has 2 heterocycles. The van der Waals surface area contributed by atoms with Crippen molar-refractivity contribution in [1.82, 2.24) is 19.7 Å². The molecule has 25 heavy (non-hydrogen) atoms. The van der Waals surface area contributed by atoms with E-state index in [9.17, 15) is 4.79 Å². The molecule has 0 aliphatic carbocycles. The van der Waals surface area contributed by atoms with E-state index in [1.807, 2.05) is 52.9 Å². The van der Waals surface area contributed by atoms with Gasteiger partial charge in [-0.2, -0.15) is 0 Å². The third-order valence-corrected chi connectivity index (χ3v) is 4.77. The van der Waals surface area contributed by atoms with Gasteiger partial charge in [0, 0.05) is 5.39 Å². The van der Waals surface area contributed by atoms with Crippen LogP contribution in [0.2, 0.25) is 0 Å². The minimum absolute atomic E-state index is 0.115. The van der Waals surface area contributed by atoms with Gasteiger partial charge in [-0.25, -0.2) is 9.97 Å². The summed E-state index contributed by atoms with van der Waals surface area (Å²) in [5.41, 5.74) is 3.58. The van der Waals surface area contributed by atoms with Crippen LogP contribution >= 0.6 is 11.8 Å². The molecule has 0 aliphatic rings. The number of nitrogens with one attached hydrogen (secondary N) is 1. The molecule has 4 aromatic rings. The summed E-state index contributed by atoms with van der Waals surface area (Å²) < 4.78 is 2.01. The van der Waals surface area contributed by atoms with Gasteiger partial charge in [-0.1, -0.05) is 41.9 Å². The van der Waals surface area contributed by atoms with Gasteiger partial charge in [0.25, 0.3) is 0 Å². The molecule has 0 spiro atoms. The number of thioether (sulfide) groups is 1. The van der Waals surface area contributed by atoms with Crippen LogP contribution in [0.25, 0.3) is 27.6 Å². The zero-order chi connectivity index (χ0) is 17.2. The number of hydrogen-bond acceptors (Lipinski definition) is 4. The van der Waals surface area contributed by atoms with Crippen LogP contribution in [0.4, 0.5) is 0 Å². The van der Waals surface area contributed by atoms with Gasteiger partial charge in [-0.15, -0.1) is 6.42 Å². The summed E-state index contributed by atoms with van der Waals surface area (Å²) in [5, 5.41) is 4.39. The second kappa shape index (κ2) is 6.46. The van der Waals surface area contributed by atoms with E-state index >= 15 is 0 Å². The van der Waals surface area contributed by atoms with Crippen molar-refractivity contribution in [3.05, 3.63) is 48.5 Å². The molecule has 0 atom stereocenters. The molecule has 4 rings (SSSR count). The summed E-state index contributed by atoms with van der Waals surface area (Å²) in [6, 6.07) is 15.8. The van der Waals surface area contributed by atoms with Crippen molar-refractivity contribution in [1.29, 1.82) is 0 Å².